The summed E-state index contributed by atoms with van der Waals surface area (Å²) >= 11 is 0. The minimum atomic E-state index is -0.683. The van der Waals surface area contributed by atoms with E-state index in [1.54, 1.807) is 31.4 Å². The highest BCUT2D eigenvalue weighted by atomic mass is 16.5. The molecule has 0 aliphatic carbocycles. The van der Waals surface area contributed by atoms with E-state index in [1.165, 1.54) is 12.7 Å². The summed E-state index contributed by atoms with van der Waals surface area (Å²) < 4.78 is 10.5. The number of phenols is 1. The zero-order chi connectivity index (χ0) is 18.2. The summed E-state index contributed by atoms with van der Waals surface area (Å²) in [7, 11) is 3.14. The molecule has 0 heterocycles. The number of methoxy groups -OCH3 is 2. The van der Waals surface area contributed by atoms with E-state index in [4.69, 9.17) is 9.47 Å². The molecule has 2 rings (SSSR count). The van der Waals surface area contributed by atoms with Crippen LogP contribution in [0.2, 0.25) is 0 Å². The lowest BCUT2D eigenvalue weighted by molar-refractivity contribution is -0.131. The third kappa shape index (κ3) is 5.22. The SMILES string of the molecule is COc1ccc([C@@H](C)CCNC(=O)[C@H](OC)c2ccc(O)cc2)cc1. The van der Waals surface area contributed by atoms with Crippen LogP contribution in [-0.4, -0.2) is 31.8 Å². The van der Waals surface area contributed by atoms with Crippen molar-refractivity contribution in [1.82, 2.24) is 5.32 Å². The van der Waals surface area contributed by atoms with Crippen LogP contribution in [0.5, 0.6) is 11.5 Å². The lowest BCUT2D eigenvalue weighted by Gasteiger charge is -2.17. The smallest absolute Gasteiger partial charge is 0.253 e. The fourth-order valence-electron chi connectivity index (χ4n) is 2.65. The first kappa shape index (κ1) is 18.8. The maximum atomic E-state index is 12.3. The first-order valence-electron chi connectivity index (χ1n) is 8.28. The lowest BCUT2D eigenvalue weighted by atomic mass is 9.97. The van der Waals surface area contributed by atoms with Crippen molar-refractivity contribution in [2.45, 2.75) is 25.4 Å². The van der Waals surface area contributed by atoms with Gasteiger partial charge in [-0.1, -0.05) is 31.2 Å². The van der Waals surface area contributed by atoms with Gasteiger partial charge in [0.25, 0.3) is 5.91 Å². The molecule has 2 aromatic rings. The van der Waals surface area contributed by atoms with Crippen LogP contribution >= 0.6 is 0 Å². The van der Waals surface area contributed by atoms with Crippen molar-refractivity contribution < 1.29 is 19.4 Å². The number of phenolic OH excluding ortho intramolecular Hbond substituents is 1. The van der Waals surface area contributed by atoms with Gasteiger partial charge in [0, 0.05) is 13.7 Å². The number of aromatic hydroxyl groups is 1. The van der Waals surface area contributed by atoms with E-state index < -0.39 is 6.10 Å². The van der Waals surface area contributed by atoms with Crippen LogP contribution in [0.1, 0.15) is 36.5 Å². The molecule has 2 aromatic carbocycles. The molecule has 2 atom stereocenters. The molecular formula is C20H25NO4. The maximum Gasteiger partial charge on any atom is 0.253 e. The Morgan fingerprint density at radius 1 is 1.04 bits per heavy atom. The van der Waals surface area contributed by atoms with Crippen molar-refractivity contribution in [3.05, 3.63) is 59.7 Å². The summed E-state index contributed by atoms with van der Waals surface area (Å²) in [4.78, 5) is 12.3. The first-order valence-corrected chi connectivity index (χ1v) is 8.28. The summed E-state index contributed by atoms with van der Waals surface area (Å²) in [5.74, 6) is 1.13. The molecule has 0 saturated carbocycles. The van der Waals surface area contributed by atoms with Gasteiger partial charge in [-0.3, -0.25) is 4.79 Å². The van der Waals surface area contributed by atoms with Gasteiger partial charge in [-0.05, 0) is 47.7 Å². The Balaban J connectivity index is 1.86. The van der Waals surface area contributed by atoms with E-state index in [0.29, 0.717) is 18.0 Å². The molecule has 0 unspecified atom stereocenters. The molecule has 0 fully saturated rings. The van der Waals surface area contributed by atoms with Crippen LogP contribution in [0.25, 0.3) is 0 Å². The molecule has 0 spiro atoms. The average molecular weight is 343 g/mol. The Morgan fingerprint density at radius 3 is 2.20 bits per heavy atom. The first-order chi connectivity index (χ1) is 12.0. The summed E-state index contributed by atoms with van der Waals surface area (Å²) in [6.45, 7) is 2.69. The third-order valence-corrected chi connectivity index (χ3v) is 4.23. The van der Waals surface area contributed by atoms with Gasteiger partial charge in [0.15, 0.2) is 6.10 Å². The molecule has 5 heteroatoms. The molecule has 0 bridgehead atoms. The normalized spacial score (nSPS) is 13.1. The predicted octanol–water partition coefficient (Wildman–Crippen LogP) is 3.40. The van der Waals surface area contributed by atoms with Crippen LogP contribution in [0.4, 0.5) is 0 Å². The lowest BCUT2D eigenvalue weighted by Crippen LogP contribution is -2.31. The number of rotatable bonds is 8. The zero-order valence-electron chi connectivity index (χ0n) is 14.9. The van der Waals surface area contributed by atoms with E-state index >= 15 is 0 Å². The number of carbonyl (C=O) groups excluding carboxylic acids is 1. The monoisotopic (exact) mass is 343 g/mol. The number of hydrogen-bond donors (Lipinski definition) is 2. The van der Waals surface area contributed by atoms with Gasteiger partial charge in [-0.2, -0.15) is 0 Å². The van der Waals surface area contributed by atoms with E-state index in [2.05, 4.69) is 12.2 Å². The van der Waals surface area contributed by atoms with Gasteiger partial charge < -0.3 is 19.9 Å². The molecule has 134 valence electrons. The fourth-order valence-corrected chi connectivity index (χ4v) is 2.65. The molecule has 0 saturated heterocycles. The quantitative estimate of drug-likeness (QED) is 0.771. The van der Waals surface area contributed by atoms with E-state index in [0.717, 1.165) is 12.2 Å². The van der Waals surface area contributed by atoms with Gasteiger partial charge in [0.1, 0.15) is 11.5 Å². The number of nitrogens with one attached hydrogen (secondary N) is 1. The van der Waals surface area contributed by atoms with Crippen molar-refractivity contribution in [2.24, 2.45) is 0 Å². The number of hydrogen-bond acceptors (Lipinski definition) is 4. The van der Waals surface area contributed by atoms with Gasteiger partial charge in [0.2, 0.25) is 0 Å². The Labute approximate surface area is 148 Å². The Hall–Kier alpha value is -2.53. The van der Waals surface area contributed by atoms with Crippen LogP contribution < -0.4 is 10.1 Å². The number of ether oxygens (including phenoxy) is 2. The van der Waals surface area contributed by atoms with Crippen LogP contribution in [0, 0.1) is 0 Å². The summed E-state index contributed by atoms with van der Waals surface area (Å²) in [6.07, 6.45) is 0.140. The van der Waals surface area contributed by atoms with E-state index in [9.17, 15) is 9.90 Å². The van der Waals surface area contributed by atoms with Crippen LogP contribution in [-0.2, 0) is 9.53 Å². The topological polar surface area (TPSA) is 67.8 Å². The van der Waals surface area contributed by atoms with E-state index in [-0.39, 0.29) is 11.7 Å². The highest BCUT2D eigenvalue weighted by Gasteiger charge is 2.19. The highest BCUT2D eigenvalue weighted by molar-refractivity contribution is 5.82. The molecule has 0 radical (unpaired) electrons. The van der Waals surface area contributed by atoms with Gasteiger partial charge >= 0.3 is 0 Å². The second kappa shape index (κ2) is 9.08. The summed E-state index contributed by atoms with van der Waals surface area (Å²) in [5.41, 5.74) is 1.91. The zero-order valence-corrected chi connectivity index (χ0v) is 14.9. The van der Waals surface area contributed by atoms with E-state index in [1.807, 2.05) is 24.3 Å². The second-order valence-corrected chi connectivity index (χ2v) is 5.96. The molecule has 1 amide bonds. The largest absolute Gasteiger partial charge is 0.508 e. The molecule has 5 nitrogen and oxygen atoms in total. The van der Waals surface area contributed by atoms with Crippen molar-refractivity contribution >= 4 is 5.91 Å². The molecule has 0 aromatic heterocycles. The predicted molar refractivity (Wildman–Crippen MR) is 96.9 cm³/mol. The third-order valence-electron chi connectivity index (χ3n) is 4.23. The van der Waals surface area contributed by atoms with Gasteiger partial charge in [-0.15, -0.1) is 0 Å². The van der Waals surface area contributed by atoms with Crippen molar-refractivity contribution in [1.29, 1.82) is 0 Å². The summed E-state index contributed by atoms with van der Waals surface area (Å²) in [6, 6.07) is 14.4. The van der Waals surface area contributed by atoms with Crippen LogP contribution in [0.15, 0.2) is 48.5 Å². The standard InChI is InChI=1S/C20H25NO4/c1-14(15-6-10-18(24-2)11-7-15)12-13-21-20(23)19(25-3)16-4-8-17(22)9-5-16/h4-11,14,19,22H,12-13H2,1-3H3,(H,21,23)/t14-,19+/m0/s1. The molecular weight excluding hydrogens is 318 g/mol. The van der Waals surface area contributed by atoms with Gasteiger partial charge in [-0.25, -0.2) is 0 Å². The Kier molecular flexibility index (Phi) is 6.83. The van der Waals surface area contributed by atoms with Crippen molar-refractivity contribution in [3.8, 4) is 11.5 Å². The fraction of sp³-hybridized carbons (Fsp3) is 0.350. The molecule has 0 aliphatic heterocycles. The Bertz CT molecular complexity index is 667. The minimum absolute atomic E-state index is 0.160. The highest BCUT2D eigenvalue weighted by Crippen LogP contribution is 2.22. The molecule has 2 N–H and O–H groups in total. The van der Waals surface area contributed by atoms with Crippen molar-refractivity contribution in [3.63, 3.8) is 0 Å². The molecule has 25 heavy (non-hydrogen) atoms. The number of carbonyl (C=O) groups is 1. The number of benzene rings is 2. The van der Waals surface area contributed by atoms with Crippen molar-refractivity contribution in [2.75, 3.05) is 20.8 Å². The molecule has 0 aliphatic rings. The average Bonchev–Trinajstić information content (AvgIpc) is 2.64. The number of amides is 1. The van der Waals surface area contributed by atoms with Gasteiger partial charge in [0.05, 0.1) is 7.11 Å². The summed E-state index contributed by atoms with van der Waals surface area (Å²) in [5, 5.41) is 12.3. The van der Waals surface area contributed by atoms with Crippen LogP contribution in [0.3, 0.4) is 0 Å². The maximum absolute atomic E-state index is 12.3. The second-order valence-electron chi connectivity index (χ2n) is 5.96. The Morgan fingerprint density at radius 2 is 1.64 bits per heavy atom. The minimum Gasteiger partial charge on any atom is -0.508 e.